The maximum absolute atomic E-state index is 5.82. The van der Waals surface area contributed by atoms with Crippen LogP contribution in [-0.4, -0.2) is 20.2 Å². The number of rotatable bonds is 4. The molecule has 0 aliphatic rings. The summed E-state index contributed by atoms with van der Waals surface area (Å²) in [6, 6.07) is 16.1. The van der Waals surface area contributed by atoms with E-state index >= 15 is 0 Å². The van der Waals surface area contributed by atoms with Crippen LogP contribution in [-0.2, 0) is 13.0 Å². The quantitative estimate of drug-likeness (QED) is 0.745. The Bertz CT molecular complexity index is 748. The summed E-state index contributed by atoms with van der Waals surface area (Å²) >= 11 is 0. The molecule has 21 heavy (non-hydrogen) atoms. The first kappa shape index (κ1) is 13.3. The molecule has 0 amide bonds. The van der Waals surface area contributed by atoms with Gasteiger partial charge in [0, 0.05) is 17.8 Å². The summed E-state index contributed by atoms with van der Waals surface area (Å²) < 4.78 is 1.82. The van der Waals surface area contributed by atoms with E-state index in [2.05, 4.69) is 46.7 Å². The minimum absolute atomic E-state index is 0.709. The summed E-state index contributed by atoms with van der Waals surface area (Å²) in [7, 11) is 0. The van der Waals surface area contributed by atoms with Gasteiger partial charge in [-0.1, -0.05) is 42.0 Å². The Morgan fingerprint density at radius 3 is 2.76 bits per heavy atom. The SMILES string of the molecule is Cc1cccc(CCn2nnnc2-c2cccc(N)c2)c1. The molecule has 0 radical (unpaired) electrons. The normalized spacial score (nSPS) is 10.7. The molecule has 2 aromatic carbocycles. The topological polar surface area (TPSA) is 69.6 Å². The molecule has 0 saturated heterocycles. The molecule has 0 bridgehead atoms. The van der Waals surface area contributed by atoms with Gasteiger partial charge in [0.05, 0.1) is 0 Å². The van der Waals surface area contributed by atoms with E-state index in [9.17, 15) is 0 Å². The molecular formula is C16H17N5. The van der Waals surface area contributed by atoms with Gasteiger partial charge in [-0.2, -0.15) is 0 Å². The predicted molar refractivity (Wildman–Crippen MR) is 82.5 cm³/mol. The number of hydrogen-bond acceptors (Lipinski definition) is 4. The van der Waals surface area contributed by atoms with Gasteiger partial charge in [-0.05, 0) is 41.5 Å². The minimum atomic E-state index is 0.709. The Morgan fingerprint density at radius 1 is 1.10 bits per heavy atom. The molecule has 0 atom stereocenters. The molecule has 0 unspecified atom stereocenters. The minimum Gasteiger partial charge on any atom is -0.399 e. The van der Waals surface area contributed by atoms with Gasteiger partial charge < -0.3 is 5.73 Å². The summed E-state index contributed by atoms with van der Waals surface area (Å²) in [6.07, 6.45) is 0.891. The van der Waals surface area contributed by atoms with Gasteiger partial charge in [-0.3, -0.25) is 0 Å². The van der Waals surface area contributed by atoms with E-state index in [0.29, 0.717) is 5.69 Å². The fourth-order valence-electron chi connectivity index (χ4n) is 2.34. The van der Waals surface area contributed by atoms with Crippen molar-refractivity contribution in [1.29, 1.82) is 0 Å². The van der Waals surface area contributed by atoms with Crippen LogP contribution in [0.25, 0.3) is 11.4 Å². The lowest BCUT2D eigenvalue weighted by Crippen LogP contribution is -2.06. The number of anilines is 1. The van der Waals surface area contributed by atoms with Gasteiger partial charge in [0.25, 0.3) is 0 Å². The zero-order chi connectivity index (χ0) is 14.7. The van der Waals surface area contributed by atoms with Crippen LogP contribution in [0.3, 0.4) is 0 Å². The zero-order valence-corrected chi connectivity index (χ0v) is 11.9. The van der Waals surface area contributed by atoms with Crippen molar-refractivity contribution < 1.29 is 0 Å². The summed E-state index contributed by atoms with van der Waals surface area (Å²) in [4.78, 5) is 0. The van der Waals surface area contributed by atoms with E-state index in [1.807, 2.05) is 28.9 Å². The monoisotopic (exact) mass is 279 g/mol. The summed E-state index contributed by atoms with van der Waals surface area (Å²) in [6.45, 7) is 2.83. The van der Waals surface area contributed by atoms with Crippen LogP contribution in [0.4, 0.5) is 5.69 Å². The van der Waals surface area contributed by atoms with E-state index in [-0.39, 0.29) is 0 Å². The molecule has 3 rings (SSSR count). The standard InChI is InChI=1S/C16H17N5/c1-12-4-2-5-13(10-12)8-9-21-16(18-19-20-21)14-6-3-7-15(17)11-14/h2-7,10-11H,8-9,17H2,1H3. The molecule has 1 aromatic heterocycles. The van der Waals surface area contributed by atoms with E-state index in [4.69, 9.17) is 5.73 Å². The molecule has 2 N–H and O–H groups in total. The molecule has 0 aliphatic carbocycles. The third-order valence-corrected chi connectivity index (χ3v) is 3.37. The van der Waals surface area contributed by atoms with Crippen molar-refractivity contribution in [3.8, 4) is 11.4 Å². The second-order valence-corrected chi connectivity index (χ2v) is 5.09. The highest BCUT2D eigenvalue weighted by molar-refractivity contribution is 5.60. The van der Waals surface area contributed by atoms with Gasteiger partial charge in [-0.15, -0.1) is 5.10 Å². The van der Waals surface area contributed by atoms with Gasteiger partial charge in [-0.25, -0.2) is 4.68 Å². The molecule has 106 valence electrons. The average molecular weight is 279 g/mol. The Balaban J connectivity index is 1.80. The van der Waals surface area contributed by atoms with Gasteiger partial charge in [0.1, 0.15) is 0 Å². The fraction of sp³-hybridized carbons (Fsp3) is 0.188. The van der Waals surface area contributed by atoms with E-state index < -0.39 is 0 Å². The molecule has 5 heteroatoms. The third kappa shape index (κ3) is 3.08. The van der Waals surface area contributed by atoms with Crippen LogP contribution in [0.2, 0.25) is 0 Å². The molecular weight excluding hydrogens is 262 g/mol. The third-order valence-electron chi connectivity index (χ3n) is 3.37. The van der Waals surface area contributed by atoms with Crippen LogP contribution in [0.1, 0.15) is 11.1 Å². The number of nitrogen functional groups attached to an aromatic ring is 1. The molecule has 0 fully saturated rings. The first-order chi connectivity index (χ1) is 10.2. The Labute approximate surface area is 123 Å². The maximum atomic E-state index is 5.82. The highest BCUT2D eigenvalue weighted by Gasteiger charge is 2.09. The van der Waals surface area contributed by atoms with Crippen LogP contribution in [0, 0.1) is 6.92 Å². The second kappa shape index (κ2) is 5.75. The van der Waals surface area contributed by atoms with Crippen LogP contribution in [0.15, 0.2) is 48.5 Å². The summed E-state index contributed by atoms with van der Waals surface area (Å²) in [5.41, 5.74) is 10.0. The van der Waals surface area contributed by atoms with Crippen molar-refractivity contribution >= 4 is 5.69 Å². The van der Waals surface area contributed by atoms with E-state index in [1.54, 1.807) is 0 Å². The summed E-state index contributed by atoms with van der Waals surface area (Å²) in [5, 5.41) is 12.0. The number of aryl methyl sites for hydroxylation is 3. The molecule has 0 spiro atoms. The van der Waals surface area contributed by atoms with Gasteiger partial charge >= 0.3 is 0 Å². The van der Waals surface area contributed by atoms with Crippen LogP contribution >= 0.6 is 0 Å². The van der Waals surface area contributed by atoms with Crippen molar-refractivity contribution in [2.75, 3.05) is 5.73 Å². The summed E-state index contributed by atoms with van der Waals surface area (Å²) in [5.74, 6) is 0.745. The van der Waals surface area contributed by atoms with Crippen molar-refractivity contribution in [2.24, 2.45) is 0 Å². The number of aromatic nitrogens is 4. The van der Waals surface area contributed by atoms with Crippen molar-refractivity contribution in [3.05, 3.63) is 59.7 Å². The number of nitrogens with zero attached hydrogens (tertiary/aromatic N) is 4. The zero-order valence-electron chi connectivity index (χ0n) is 11.9. The van der Waals surface area contributed by atoms with Gasteiger partial charge in [0.2, 0.25) is 0 Å². The lowest BCUT2D eigenvalue weighted by atomic mass is 10.1. The Morgan fingerprint density at radius 2 is 1.95 bits per heavy atom. The molecule has 3 aromatic rings. The van der Waals surface area contributed by atoms with Gasteiger partial charge in [0.15, 0.2) is 5.82 Å². The predicted octanol–water partition coefficient (Wildman–Crippen LogP) is 2.47. The lowest BCUT2D eigenvalue weighted by molar-refractivity contribution is 0.593. The largest absolute Gasteiger partial charge is 0.399 e. The molecule has 0 saturated carbocycles. The number of hydrogen-bond donors (Lipinski definition) is 1. The second-order valence-electron chi connectivity index (χ2n) is 5.09. The van der Waals surface area contributed by atoms with Crippen molar-refractivity contribution in [1.82, 2.24) is 20.2 Å². The highest BCUT2D eigenvalue weighted by Crippen LogP contribution is 2.18. The number of benzene rings is 2. The van der Waals surface area contributed by atoms with Crippen molar-refractivity contribution in [2.45, 2.75) is 19.9 Å². The molecule has 5 nitrogen and oxygen atoms in total. The molecule has 0 aliphatic heterocycles. The maximum Gasteiger partial charge on any atom is 0.182 e. The Hall–Kier alpha value is -2.69. The molecule has 1 heterocycles. The van der Waals surface area contributed by atoms with E-state index in [0.717, 1.165) is 24.4 Å². The van der Waals surface area contributed by atoms with Crippen LogP contribution < -0.4 is 5.73 Å². The first-order valence-electron chi connectivity index (χ1n) is 6.90. The van der Waals surface area contributed by atoms with Crippen molar-refractivity contribution in [3.63, 3.8) is 0 Å². The van der Waals surface area contributed by atoms with E-state index in [1.165, 1.54) is 11.1 Å². The Kier molecular flexibility index (Phi) is 3.64. The average Bonchev–Trinajstić information content (AvgIpc) is 2.94. The first-order valence-corrected chi connectivity index (χ1v) is 6.90. The lowest BCUT2D eigenvalue weighted by Gasteiger charge is -2.06. The smallest absolute Gasteiger partial charge is 0.182 e. The number of tetrazole rings is 1. The van der Waals surface area contributed by atoms with Crippen LogP contribution in [0.5, 0.6) is 0 Å². The highest BCUT2D eigenvalue weighted by atomic mass is 15.5. The number of nitrogens with two attached hydrogens (primary N) is 1. The fourth-order valence-corrected chi connectivity index (χ4v) is 2.34.